The van der Waals surface area contributed by atoms with Crippen LogP contribution in [0.3, 0.4) is 0 Å². The zero-order valence-electron chi connectivity index (χ0n) is 14.5. The van der Waals surface area contributed by atoms with Gasteiger partial charge in [0.15, 0.2) is 5.82 Å². The number of aryl methyl sites for hydroxylation is 1. The van der Waals surface area contributed by atoms with Gasteiger partial charge >= 0.3 is 0 Å². The molecule has 0 N–H and O–H groups in total. The number of halogens is 2. The van der Waals surface area contributed by atoms with Gasteiger partial charge in [-0.2, -0.15) is 4.98 Å². The molecule has 0 saturated carbocycles. The van der Waals surface area contributed by atoms with E-state index in [-0.39, 0.29) is 5.82 Å². The summed E-state index contributed by atoms with van der Waals surface area (Å²) in [6.45, 7) is 6.91. The highest BCUT2D eigenvalue weighted by Crippen LogP contribution is 2.21. The standard InChI is InChI=1S/C18H24ClFN4O/c1-2-3-7-18-21-17(22-25-18)13-24-10-8-23(9-11-24)12-14-15(19)5-4-6-16(14)20/h4-6H,2-3,7-13H2,1H3. The summed E-state index contributed by atoms with van der Waals surface area (Å²) in [5.41, 5.74) is 0.580. The predicted octanol–water partition coefficient (Wildman–Crippen LogP) is 3.52. The summed E-state index contributed by atoms with van der Waals surface area (Å²) in [6, 6.07) is 4.84. The Bertz CT molecular complexity index is 665. The Hall–Kier alpha value is -1.50. The second-order valence-electron chi connectivity index (χ2n) is 6.46. The molecule has 1 saturated heterocycles. The topological polar surface area (TPSA) is 45.4 Å². The smallest absolute Gasteiger partial charge is 0.226 e. The third kappa shape index (κ3) is 5.00. The molecule has 3 rings (SSSR count). The van der Waals surface area contributed by atoms with Gasteiger partial charge in [-0.25, -0.2) is 4.39 Å². The molecule has 7 heteroatoms. The van der Waals surface area contributed by atoms with Crippen molar-refractivity contribution in [1.29, 1.82) is 0 Å². The lowest BCUT2D eigenvalue weighted by atomic mass is 10.2. The number of aromatic nitrogens is 2. The molecule has 2 heterocycles. The van der Waals surface area contributed by atoms with Gasteiger partial charge in [0, 0.05) is 49.7 Å². The van der Waals surface area contributed by atoms with Gasteiger partial charge in [0.25, 0.3) is 0 Å². The van der Waals surface area contributed by atoms with E-state index in [0.717, 1.165) is 57.2 Å². The average molecular weight is 367 g/mol. The Morgan fingerprint density at radius 2 is 1.88 bits per heavy atom. The van der Waals surface area contributed by atoms with E-state index in [1.54, 1.807) is 12.1 Å². The SMILES string of the molecule is CCCCc1nc(CN2CCN(Cc3c(F)cccc3Cl)CC2)no1. The molecule has 0 atom stereocenters. The van der Waals surface area contributed by atoms with Crippen LogP contribution in [-0.2, 0) is 19.5 Å². The number of rotatable bonds is 7. The Morgan fingerprint density at radius 3 is 2.56 bits per heavy atom. The first-order valence-corrected chi connectivity index (χ1v) is 9.22. The summed E-state index contributed by atoms with van der Waals surface area (Å²) in [5.74, 6) is 1.24. The van der Waals surface area contributed by atoms with Gasteiger partial charge in [-0.15, -0.1) is 0 Å². The van der Waals surface area contributed by atoms with Crippen LogP contribution in [0.4, 0.5) is 4.39 Å². The molecule has 25 heavy (non-hydrogen) atoms. The second-order valence-corrected chi connectivity index (χ2v) is 6.87. The van der Waals surface area contributed by atoms with E-state index in [1.165, 1.54) is 6.07 Å². The highest BCUT2D eigenvalue weighted by atomic mass is 35.5. The summed E-state index contributed by atoms with van der Waals surface area (Å²) in [4.78, 5) is 8.98. The van der Waals surface area contributed by atoms with Crippen molar-refractivity contribution in [2.24, 2.45) is 0 Å². The maximum Gasteiger partial charge on any atom is 0.226 e. The number of nitrogens with zero attached hydrogens (tertiary/aromatic N) is 4. The molecular weight excluding hydrogens is 343 g/mol. The van der Waals surface area contributed by atoms with Crippen LogP contribution >= 0.6 is 11.6 Å². The molecule has 1 aliphatic heterocycles. The van der Waals surface area contributed by atoms with Gasteiger partial charge in [0.2, 0.25) is 5.89 Å². The molecule has 1 aromatic carbocycles. The van der Waals surface area contributed by atoms with E-state index in [0.29, 0.717) is 23.7 Å². The number of hydrogen-bond acceptors (Lipinski definition) is 5. The van der Waals surface area contributed by atoms with Gasteiger partial charge in [-0.1, -0.05) is 36.2 Å². The Balaban J connectivity index is 1.48. The number of unbranched alkanes of at least 4 members (excludes halogenated alkanes) is 1. The zero-order valence-corrected chi connectivity index (χ0v) is 15.3. The van der Waals surface area contributed by atoms with Crippen molar-refractivity contribution in [2.45, 2.75) is 39.3 Å². The quantitative estimate of drug-likeness (QED) is 0.750. The molecule has 1 fully saturated rings. The maximum absolute atomic E-state index is 13.9. The Morgan fingerprint density at radius 1 is 1.16 bits per heavy atom. The summed E-state index contributed by atoms with van der Waals surface area (Å²) in [6.07, 6.45) is 3.03. The molecule has 136 valence electrons. The lowest BCUT2D eigenvalue weighted by Crippen LogP contribution is -2.45. The van der Waals surface area contributed by atoms with Crippen LogP contribution in [0.25, 0.3) is 0 Å². The summed E-state index contributed by atoms with van der Waals surface area (Å²) in [7, 11) is 0. The van der Waals surface area contributed by atoms with Crippen LogP contribution in [0.1, 0.15) is 37.0 Å². The molecule has 0 spiro atoms. The van der Waals surface area contributed by atoms with E-state index >= 15 is 0 Å². The maximum atomic E-state index is 13.9. The Kier molecular flexibility index (Phi) is 6.39. The van der Waals surface area contributed by atoms with E-state index in [4.69, 9.17) is 16.1 Å². The van der Waals surface area contributed by atoms with E-state index in [9.17, 15) is 4.39 Å². The van der Waals surface area contributed by atoms with Crippen LogP contribution < -0.4 is 0 Å². The molecular formula is C18H24ClFN4O. The van der Waals surface area contributed by atoms with Crippen molar-refractivity contribution >= 4 is 11.6 Å². The van der Waals surface area contributed by atoms with Crippen LogP contribution in [0.5, 0.6) is 0 Å². The van der Waals surface area contributed by atoms with Gasteiger partial charge < -0.3 is 4.52 Å². The molecule has 0 unspecified atom stereocenters. The zero-order chi connectivity index (χ0) is 17.6. The molecule has 1 aliphatic rings. The third-order valence-electron chi connectivity index (χ3n) is 4.53. The summed E-state index contributed by atoms with van der Waals surface area (Å²) < 4.78 is 19.2. The predicted molar refractivity (Wildman–Crippen MR) is 94.9 cm³/mol. The first kappa shape index (κ1) is 18.3. The summed E-state index contributed by atoms with van der Waals surface area (Å²) in [5, 5.41) is 4.56. The molecule has 2 aromatic rings. The minimum atomic E-state index is -0.235. The van der Waals surface area contributed by atoms with E-state index < -0.39 is 0 Å². The van der Waals surface area contributed by atoms with E-state index in [1.807, 2.05) is 0 Å². The molecule has 1 aromatic heterocycles. The second kappa shape index (κ2) is 8.74. The van der Waals surface area contributed by atoms with Crippen LogP contribution in [0, 0.1) is 5.82 Å². The summed E-state index contributed by atoms with van der Waals surface area (Å²) >= 11 is 6.12. The van der Waals surface area contributed by atoms with Gasteiger partial charge in [0.05, 0.1) is 6.54 Å². The largest absolute Gasteiger partial charge is 0.339 e. The molecule has 0 amide bonds. The highest BCUT2D eigenvalue weighted by molar-refractivity contribution is 6.31. The fourth-order valence-corrected chi connectivity index (χ4v) is 3.22. The molecule has 0 aliphatic carbocycles. The Labute approximate surface area is 152 Å². The van der Waals surface area contributed by atoms with Crippen LogP contribution in [0.15, 0.2) is 22.7 Å². The van der Waals surface area contributed by atoms with Crippen molar-refractivity contribution in [1.82, 2.24) is 19.9 Å². The minimum absolute atomic E-state index is 0.235. The fraction of sp³-hybridized carbons (Fsp3) is 0.556. The van der Waals surface area contributed by atoms with Crippen LogP contribution in [0.2, 0.25) is 5.02 Å². The van der Waals surface area contributed by atoms with Crippen molar-refractivity contribution in [3.63, 3.8) is 0 Å². The number of hydrogen-bond donors (Lipinski definition) is 0. The lowest BCUT2D eigenvalue weighted by Gasteiger charge is -2.34. The average Bonchev–Trinajstić information content (AvgIpc) is 3.05. The third-order valence-corrected chi connectivity index (χ3v) is 4.88. The van der Waals surface area contributed by atoms with Crippen molar-refractivity contribution in [3.8, 4) is 0 Å². The number of piperazine rings is 1. The van der Waals surface area contributed by atoms with Gasteiger partial charge in [-0.05, 0) is 18.6 Å². The van der Waals surface area contributed by atoms with Crippen molar-refractivity contribution in [3.05, 3.63) is 46.3 Å². The molecule has 0 radical (unpaired) electrons. The van der Waals surface area contributed by atoms with Crippen LogP contribution in [-0.4, -0.2) is 46.1 Å². The van der Waals surface area contributed by atoms with Crippen molar-refractivity contribution in [2.75, 3.05) is 26.2 Å². The number of benzene rings is 1. The highest BCUT2D eigenvalue weighted by Gasteiger charge is 2.20. The minimum Gasteiger partial charge on any atom is -0.339 e. The monoisotopic (exact) mass is 366 g/mol. The fourth-order valence-electron chi connectivity index (χ4n) is 3.00. The first-order valence-electron chi connectivity index (χ1n) is 8.84. The lowest BCUT2D eigenvalue weighted by molar-refractivity contribution is 0.118. The van der Waals surface area contributed by atoms with Gasteiger partial charge in [-0.3, -0.25) is 9.80 Å². The van der Waals surface area contributed by atoms with E-state index in [2.05, 4.69) is 26.9 Å². The van der Waals surface area contributed by atoms with Gasteiger partial charge in [0.1, 0.15) is 5.82 Å². The first-order chi connectivity index (χ1) is 12.2. The van der Waals surface area contributed by atoms with Crippen molar-refractivity contribution < 1.29 is 8.91 Å². The molecule has 5 nitrogen and oxygen atoms in total. The molecule has 0 bridgehead atoms. The normalized spacial score (nSPS) is 16.4.